The van der Waals surface area contributed by atoms with E-state index in [1.165, 1.54) is 12.8 Å². The van der Waals surface area contributed by atoms with Crippen molar-refractivity contribution in [1.29, 1.82) is 0 Å². The molecule has 0 aromatic heterocycles. The molecule has 0 radical (unpaired) electrons. The van der Waals surface area contributed by atoms with E-state index in [4.69, 9.17) is 0 Å². The van der Waals surface area contributed by atoms with Gasteiger partial charge in [0.15, 0.2) is 0 Å². The fourth-order valence-electron chi connectivity index (χ4n) is 3.84. The quantitative estimate of drug-likeness (QED) is 0.904. The van der Waals surface area contributed by atoms with Crippen molar-refractivity contribution in [2.45, 2.75) is 57.2 Å². The summed E-state index contributed by atoms with van der Waals surface area (Å²) in [6.45, 7) is 2.92. The van der Waals surface area contributed by atoms with Crippen molar-refractivity contribution in [2.75, 3.05) is 6.54 Å². The number of hydrogen-bond donors (Lipinski definition) is 1. The molecule has 0 aliphatic carbocycles. The Morgan fingerprint density at radius 1 is 1.33 bits per heavy atom. The number of piperidine rings is 1. The zero-order chi connectivity index (χ0) is 14.8. The van der Waals surface area contributed by atoms with Crippen molar-refractivity contribution in [3.63, 3.8) is 0 Å². The molecule has 0 spiro atoms. The van der Waals surface area contributed by atoms with E-state index in [1.54, 1.807) is 0 Å². The zero-order valence-corrected chi connectivity index (χ0v) is 14.1. The van der Waals surface area contributed by atoms with Crippen LogP contribution in [0.3, 0.4) is 0 Å². The van der Waals surface area contributed by atoms with Crippen LogP contribution in [0.4, 0.5) is 0 Å². The van der Waals surface area contributed by atoms with Gasteiger partial charge in [-0.2, -0.15) is 0 Å². The minimum Gasteiger partial charge on any atom is -0.340 e. The van der Waals surface area contributed by atoms with Gasteiger partial charge in [-0.05, 0) is 50.3 Å². The third-order valence-electron chi connectivity index (χ3n) is 4.79. The fourth-order valence-corrected chi connectivity index (χ4v) is 4.29. The standard InChI is InChI=1S/C17H23BrN2O/c1-2-20(16-10-14-6-7-15(11-16)19-14)17(21)9-12-4-3-5-13(18)8-12/h3-5,8,14-16,19H,2,6-7,9-11H2,1H3. The monoisotopic (exact) mass is 350 g/mol. The summed E-state index contributed by atoms with van der Waals surface area (Å²) in [7, 11) is 0. The van der Waals surface area contributed by atoms with Gasteiger partial charge in [0.2, 0.25) is 5.91 Å². The van der Waals surface area contributed by atoms with Gasteiger partial charge in [0, 0.05) is 29.1 Å². The molecule has 3 nitrogen and oxygen atoms in total. The lowest BCUT2D eigenvalue weighted by molar-refractivity contribution is -0.133. The van der Waals surface area contributed by atoms with Crippen LogP contribution in [0.1, 0.15) is 38.2 Å². The number of carbonyl (C=O) groups excluding carboxylic acids is 1. The van der Waals surface area contributed by atoms with Crippen LogP contribution in [-0.4, -0.2) is 35.5 Å². The maximum Gasteiger partial charge on any atom is 0.227 e. The molecule has 2 heterocycles. The van der Waals surface area contributed by atoms with Crippen molar-refractivity contribution in [3.8, 4) is 0 Å². The topological polar surface area (TPSA) is 32.3 Å². The van der Waals surface area contributed by atoms with Gasteiger partial charge in [-0.3, -0.25) is 4.79 Å². The van der Waals surface area contributed by atoms with E-state index in [1.807, 2.05) is 24.3 Å². The van der Waals surface area contributed by atoms with Crippen LogP contribution in [0.5, 0.6) is 0 Å². The molecular formula is C17H23BrN2O. The van der Waals surface area contributed by atoms with Crippen molar-refractivity contribution in [3.05, 3.63) is 34.3 Å². The summed E-state index contributed by atoms with van der Waals surface area (Å²) < 4.78 is 1.04. The number of hydrogen-bond acceptors (Lipinski definition) is 2. The molecule has 2 atom stereocenters. The second-order valence-corrected chi connectivity index (χ2v) is 7.17. The van der Waals surface area contributed by atoms with E-state index >= 15 is 0 Å². The summed E-state index contributed by atoms with van der Waals surface area (Å²) in [5, 5.41) is 3.65. The van der Waals surface area contributed by atoms with E-state index in [-0.39, 0.29) is 5.91 Å². The Bertz CT molecular complexity index is 507. The fraction of sp³-hybridized carbons (Fsp3) is 0.588. The number of nitrogens with zero attached hydrogens (tertiary/aromatic N) is 1. The zero-order valence-electron chi connectivity index (χ0n) is 12.5. The molecule has 2 aliphatic heterocycles. The van der Waals surface area contributed by atoms with Crippen LogP contribution >= 0.6 is 15.9 Å². The first-order valence-corrected chi connectivity index (χ1v) is 8.75. The number of halogens is 1. The lowest BCUT2D eigenvalue weighted by atomic mass is 9.97. The molecule has 2 unspecified atom stereocenters. The number of amides is 1. The highest BCUT2D eigenvalue weighted by molar-refractivity contribution is 9.10. The van der Waals surface area contributed by atoms with Crippen LogP contribution < -0.4 is 5.32 Å². The average molecular weight is 351 g/mol. The van der Waals surface area contributed by atoms with Gasteiger partial charge in [0.25, 0.3) is 0 Å². The predicted molar refractivity (Wildman–Crippen MR) is 88.2 cm³/mol. The molecule has 2 aliphatic rings. The molecular weight excluding hydrogens is 328 g/mol. The van der Waals surface area contributed by atoms with Crippen molar-refractivity contribution in [2.24, 2.45) is 0 Å². The lowest BCUT2D eigenvalue weighted by Crippen LogP contribution is -2.50. The molecule has 114 valence electrons. The van der Waals surface area contributed by atoms with Gasteiger partial charge in [-0.25, -0.2) is 0 Å². The molecule has 21 heavy (non-hydrogen) atoms. The van der Waals surface area contributed by atoms with Crippen LogP contribution in [0.2, 0.25) is 0 Å². The molecule has 2 saturated heterocycles. The summed E-state index contributed by atoms with van der Waals surface area (Å²) in [6, 6.07) is 9.74. The van der Waals surface area contributed by atoms with E-state index in [0.717, 1.165) is 29.4 Å². The lowest BCUT2D eigenvalue weighted by Gasteiger charge is -2.37. The Morgan fingerprint density at radius 2 is 2.05 bits per heavy atom. The number of nitrogens with one attached hydrogen (secondary N) is 1. The van der Waals surface area contributed by atoms with Gasteiger partial charge in [0.05, 0.1) is 6.42 Å². The molecule has 1 amide bonds. The second kappa shape index (κ2) is 6.49. The first-order valence-electron chi connectivity index (χ1n) is 7.95. The third kappa shape index (κ3) is 3.49. The normalized spacial score (nSPS) is 27.6. The minimum absolute atomic E-state index is 0.266. The Morgan fingerprint density at radius 3 is 2.67 bits per heavy atom. The Hall–Kier alpha value is -0.870. The van der Waals surface area contributed by atoms with Gasteiger partial charge < -0.3 is 10.2 Å². The Labute approximate surface area is 135 Å². The van der Waals surface area contributed by atoms with Crippen molar-refractivity contribution >= 4 is 21.8 Å². The van der Waals surface area contributed by atoms with E-state index in [9.17, 15) is 4.79 Å². The van der Waals surface area contributed by atoms with E-state index < -0.39 is 0 Å². The molecule has 1 N–H and O–H groups in total. The van der Waals surface area contributed by atoms with E-state index in [0.29, 0.717) is 24.5 Å². The number of likely N-dealkylation sites (N-methyl/N-ethyl adjacent to an activating group) is 1. The van der Waals surface area contributed by atoms with Crippen LogP contribution in [-0.2, 0) is 11.2 Å². The van der Waals surface area contributed by atoms with Crippen molar-refractivity contribution in [1.82, 2.24) is 10.2 Å². The highest BCUT2D eigenvalue weighted by atomic mass is 79.9. The summed E-state index contributed by atoms with van der Waals surface area (Å²) in [4.78, 5) is 14.8. The third-order valence-corrected chi connectivity index (χ3v) is 5.29. The number of benzene rings is 1. The van der Waals surface area contributed by atoms with Gasteiger partial charge in [-0.1, -0.05) is 28.1 Å². The first kappa shape index (κ1) is 15.0. The Kier molecular flexibility index (Phi) is 4.65. The molecule has 1 aromatic carbocycles. The number of fused-ring (bicyclic) bond motifs is 2. The van der Waals surface area contributed by atoms with E-state index in [2.05, 4.69) is 33.1 Å². The van der Waals surface area contributed by atoms with Gasteiger partial charge in [-0.15, -0.1) is 0 Å². The van der Waals surface area contributed by atoms with Crippen LogP contribution in [0.15, 0.2) is 28.7 Å². The number of carbonyl (C=O) groups is 1. The summed E-state index contributed by atoms with van der Waals surface area (Å²) >= 11 is 3.47. The largest absolute Gasteiger partial charge is 0.340 e. The van der Waals surface area contributed by atoms with Crippen LogP contribution in [0.25, 0.3) is 0 Å². The maximum absolute atomic E-state index is 12.7. The second-order valence-electron chi connectivity index (χ2n) is 6.25. The molecule has 0 saturated carbocycles. The summed E-state index contributed by atoms with van der Waals surface area (Å²) in [5.74, 6) is 0.266. The number of rotatable bonds is 4. The average Bonchev–Trinajstić information content (AvgIpc) is 2.78. The SMILES string of the molecule is CCN(C(=O)Cc1cccc(Br)c1)C1CC2CCC(C1)N2. The molecule has 2 fully saturated rings. The predicted octanol–water partition coefficient (Wildman–Crippen LogP) is 3.12. The van der Waals surface area contributed by atoms with Crippen molar-refractivity contribution < 1.29 is 4.79 Å². The molecule has 2 bridgehead atoms. The molecule has 4 heteroatoms. The highest BCUT2D eigenvalue weighted by Gasteiger charge is 2.36. The summed E-state index contributed by atoms with van der Waals surface area (Å²) in [6.07, 6.45) is 5.30. The minimum atomic E-state index is 0.266. The van der Waals surface area contributed by atoms with Gasteiger partial charge >= 0.3 is 0 Å². The maximum atomic E-state index is 12.7. The highest BCUT2D eigenvalue weighted by Crippen LogP contribution is 2.30. The molecule has 3 rings (SSSR count). The summed E-state index contributed by atoms with van der Waals surface area (Å²) in [5.41, 5.74) is 1.09. The molecule has 1 aromatic rings. The van der Waals surface area contributed by atoms with Crippen LogP contribution in [0, 0.1) is 0 Å². The first-order chi connectivity index (χ1) is 10.2. The smallest absolute Gasteiger partial charge is 0.227 e. The van der Waals surface area contributed by atoms with Gasteiger partial charge in [0.1, 0.15) is 0 Å². The Balaban J connectivity index is 1.66.